The molecule has 0 saturated carbocycles. The van der Waals surface area contributed by atoms with Crippen LogP contribution in [0.2, 0.25) is 0 Å². The van der Waals surface area contributed by atoms with Gasteiger partial charge >= 0.3 is 0 Å². The van der Waals surface area contributed by atoms with Crippen molar-refractivity contribution in [3.8, 4) is 5.75 Å². The highest BCUT2D eigenvalue weighted by atomic mass is 79.9. The summed E-state index contributed by atoms with van der Waals surface area (Å²) in [6.07, 6.45) is -0.428. The third-order valence-electron chi connectivity index (χ3n) is 3.12. The van der Waals surface area contributed by atoms with Gasteiger partial charge in [0.15, 0.2) is 6.61 Å². The lowest BCUT2D eigenvalue weighted by Gasteiger charge is -2.14. The van der Waals surface area contributed by atoms with E-state index in [1.807, 2.05) is 0 Å². The van der Waals surface area contributed by atoms with Crippen LogP contribution in [0.3, 0.4) is 0 Å². The number of amides is 1. The topological polar surface area (TPSA) is 70.6 Å². The zero-order valence-electron chi connectivity index (χ0n) is 11.1. The Morgan fingerprint density at radius 3 is 2.90 bits per heavy atom. The van der Waals surface area contributed by atoms with E-state index in [4.69, 9.17) is 4.74 Å². The summed E-state index contributed by atoms with van der Waals surface area (Å²) < 4.78 is 18.6. The van der Waals surface area contributed by atoms with Gasteiger partial charge in [0.05, 0.1) is 10.6 Å². The molecule has 1 saturated heterocycles. The summed E-state index contributed by atoms with van der Waals surface area (Å²) in [5.74, 6) is -0.225. The first-order valence-corrected chi connectivity index (χ1v) is 7.09. The quantitative estimate of drug-likeness (QED) is 0.712. The number of halogens is 3. The number of carbonyl (C=O) groups excluding carboxylic acids is 1. The van der Waals surface area contributed by atoms with Gasteiger partial charge in [-0.3, -0.25) is 4.79 Å². The maximum atomic E-state index is 12.9. The number of nitrogens with one attached hydrogen (secondary N) is 2. The second-order valence-corrected chi connectivity index (χ2v) is 5.51. The van der Waals surface area contributed by atoms with Gasteiger partial charge in [-0.05, 0) is 34.1 Å². The van der Waals surface area contributed by atoms with E-state index in [-0.39, 0.29) is 36.7 Å². The average molecular weight is 384 g/mol. The minimum absolute atomic E-state index is 0. The van der Waals surface area contributed by atoms with E-state index in [1.165, 1.54) is 18.2 Å². The molecule has 0 bridgehead atoms. The van der Waals surface area contributed by atoms with Gasteiger partial charge in [-0.2, -0.15) is 0 Å². The summed E-state index contributed by atoms with van der Waals surface area (Å²) in [4.78, 5) is 11.6. The highest BCUT2D eigenvalue weighted by Gasteiger charge is 2.24. The number of carbonyl (C=O) groups is 1. The van der Waals surface area contributed by atoms with Gasteiger partial charge in [0, 0.05) is 25.6 Å². The van der Waals surface area contributed by atoms with Gasteiger partial charge in [0.25, 0.3) is 5.91 Å². The smallest absolute Gasteiger partial charge is 0.257 e. The highest BCUT2D eigenvalue weighted by Crippen LogP contribution is 2.25. The van der Waals surface area contributed by atoms with Crippen LogP contribution in [0, 0.1) is 11.7 Å². The number of hydrogen-bond donors (Lipinski definition) is 3. The lowest BCUT2D eigenvalue weighted by Crippen LogP contribution is -2.36. The summed E-state index contributed by atoms with van der Waals surface area (Å²) in [6, 6.07) is 3.99. The van der Waals surface area contributed by atoms with E-state index >= 15 is 0 Å². The van der Waals surface area contributed by atoms with Crippen molar-refractivity contribution >= 4 is 34.2 Å². The maximum absolute atomic E-state index is 12.9. The molecule has 0 spiro atoms. The van der Waals surface area contributed by atoms with Crippen LogP contribution in [0.25, 0.3) is 0 Å². The SMILES string of the molecule is Cl.O=C(COc1ccc(F)cc1Br)NCC1CNCC1O. The van der Waals surface area contributed by atoms with E-state index in [1.54, 1.807) is 0 Å². The standard InChI is InChI=1S/C13H16BrFN2O3.ClH/c14-10-3-9(15)1-2-12(10)20-7-13(19)17-5-8-4-16-6-11(8)18;/h1-3,8,11,16,18H,4-7H2,(H,17,19);1H. The molecular weight excluding hydrogens is 367 g/mol. The van der Waals surface area contributed by atoms with Crippen molar-refractivity contribution in [3.63, 3.8) is 0 Å². The van der Waals surface area contributed by atoms with Gasteiger partial charge in [-0.15, -0.1) is 12.4 Å². The van der Waals surface area contributed by atoms with Crippen LogP contribution in [0.1, 0.15) is 0 Å². The molecule has 1 fully saturated rings. The molecule has 1 heterocycles. The van der Waals surface area contributed by atoms with Crippen molar-refractivity contribution in [2.75, 3.05) is 26.2 Å². The Hall–Kier alpha value is -0.890. The van der Waals surface area contributed by atoms with E-state index in [0.717, 1.165) is 0 Å². The summed E-state index contributed by atoms with van der Waals surface area (Å²) in [6.45, 7) is 1.49. The molecule has 5 nitrogen and oxygen atoms in total. The van der Waals surface area contributed by atoms with Gasteiger partial charge in [-0.1, -0.05) is 0 Å². The summed E-state index contributed by atoms with van der Waals surface area (Å²) in [5.41, 5.74) is 0. The predicted octanol–water partition coefficient (Wildman–Crippen LogP) is 1.09. The van der Waals surface area contributed by atoms with Crippen molar-refractivity contribution < 1.29 is 19.0 Å². The number of rotatable bonds is 5. The van der Waals surface area contributed by atoms with Crippen LogP contribution in [0.5, 0.6) is 5.75 Å². The Morgan fingerprint density at radius 2 is 2.29 bits per heavy atom. The van der Waals surface area contributed by atoms with E-state index in [0.29, 0.717) is 29.9 Å². The van der Waals surface area contributed by atoms with Gasteiger partial charge in [0.1, 0.15) is 11.6 Å². The van der Waals surface area contributed by atoms with E-state index < -0.39 is 6.10 Å². The Labute approximate surface area is 136 Å². The molecule has 1 aromatic rings. The Morgan fingerprint density at radius 1 is 1.52 bits per heavy atom. The fraction of sp³-hybridized carbons (Fsp3) is 0.462. The van der Waals surface area contributed by atoms with Crippen LogP contribution in [-0.4, -0.2) is 43.4 Å². The molecule has 1 aliphatic heterocycles. The zero-order chi connectivity index (χ0) is 14.5. The first kappa shape index (κ1) is 18.2. The van der Waals surface area contributed by atoms with Crippen LogP contribution < -0.4 is 15.4 Å². The molecule has 8 heteroatoms. The third kappa shape index (κ3) is 5.43. The van der Waals surface area contributed by atoms with Gasteiger partial charge in [0.2, 0.25) is 0 Å². The van der Waals surface area contributed by atoms with Crippen molar-refractivity contribution in [2.24, 2.45) is 5.92 Å². The first-order valence-electron chi connectivity index (χ1n) is 6.29. The van der Waals surface area contributed by atoms with E-state index in [9.17, 15) is 14.3 Å². The molecule has 1 aliphatic rings. The normalized spacial score (nSPS) is 20.7. The number of ether oxygens (including phenoxy) is 1. The molecule has 1 amide bonds. The lowest BCUT2D eigenvalue weighted by molar-refractivity contribution is -0.123. The minimum atomic E-state index is -0.428. The zero-order valence-corrected chi connectivity index (χ0v) is 13.5. The molecule has 2 unspecified atom stereocenters. The molecule has 3 N–H and O–H groups in total. The largest absolute Gasteiger partial charge is 0.483 e. The van der Waals surface area contributed by atoms with Crippen LogP contribution in [-0.2, 0) is 4.79 Å². The lowest BCUT2D eigenvalue weighted by atomic mass is 10.1. The molecular formula is C13H17BrClFN2O3. The number of aliphatic hydroxyl groups excluding tert-OH is 1. The van der Waals surface area contributed by atoms with Gasteiger partial charge in [-0.25, -0.2) is 4.39 Å². The molecule has 0 aromatic heterocycles. The Balaban J connectivity index is 0.00000220. The Bertz CT molecular complexity index is 492. The van der Waals surface area contributed by atoms with Crippen molar-refractivity contribution in [3.05, 3.63) is 28.5 Å². The summed E-state index contributed by atoms with van der Waals surface area (Å²) in [7, 11) is 0. The second kappa shape index (κ2) is 8.53. The van der Waals surface area contributed by atoms with E-state index in [2.05, 4.69) is 26.6 Å². The van der Waals surface area contributed by atoms with Crippen molar-refractivity contribution in [1.82, 2.24) is 10.6 Å². The van der Waals surface area contributed by atoms with Crippen LogP contribution in [0.15, 0.2) is 22.7 Å². The highest BCUT2D eigenvalue weighted by molar-refractivity contribution is 9.10. The molecule has 2 atom stereocenters. The third-order valence-corrected chi connectivity index (χ3v) is 3.74. The first-order chi connectivity index (χ1) is 9.56. The predicted molar refractivity (Wildman–Crippen MR) is 82.2 cm³/mol. The van der Waals surface area contributed by atoms with Crippen LogP contribution in [0.4, 0.5) is 4.39 Å². The molecule has 2 rings (SSSR count). The molecule has 1 aromatic carbocycles. The summed E-state index contributed by atoms with van der Waals surface area (Å²) in [5, 5.41) is 15.3. The van der Waals surface area contributed by atoms with Crippen LogP contribution >= 0.6 is 28.3 Å². The van der Waals surface area contributed by atoms with Crippen molar-refractivity contribution in [2.45, 2.75) is 6.10 Å². The monoisotopic (exact) mass is 382 g/mol. The van der Waals surface area contributed by atoms with Crippen molar-refractivity contribution in [1.29, 1.82) is 0 Å². The number of benzene rings is 1. The second-order valence-electron chi connectivity index (χ2n) is 4.65. The molecule has 0 aliphatic carbocycles. The molecule has 118 valence electrons. The maximum Gasteiger partial charge on any atom is 0.257 e. The molecule has 0 radical (unpaired) electrons. The molecule has 21 heavy (non-hydrogen) atoms. The summed E-state index contributed by atoms with van der Waals surface area (Å²) >= 11 is 3.16. The fourth-order valence-electron chi connectivity index (χ4n) is 1.96. The fourth-order valence-corrected chi connectivity index (χ4v) is 2.42. The van der Waals surface area contributed by atoms with Gasteiger partial charge < -0.3 is 20.5 Å². The minimum Gasteiger partial charge on any atom is -0.483 e. The number of aliphatic hydroxyl groups is 1. The average Bonchev–Trinajstić information content (AvgIpc) is 2.81. The Kier molecular flexibility index (Phi) is 7.37. The number of β-amino-alcohol motifs (C(OH)–C–C–N with tert-alkyl or cyclic N) is 1. The number of hydrogen-bond acceptors (Lipinski definition) is 4.